The third-order valence-corrected chi connectivity index (χ3v) is 2.21. The molecule has 1 aromatic rings. The summed E-state index contributed by atoms with van der Waals surface area (Å²) >= 11 is 0. The highest BCUT2D eigenvalue weighted by atomic mass is 16.3. The van der Waals surface area contributed by atoms with Crippen molar-refractivity contribution >= 4 is 0 Å². The summed E-state index contributed by atoms with van der Waals surface area (Å²) in [6.45, 7) is 5.79. The van der Waals surface area contributed by atoms with E-state index in [9.17, 15) is 5.11 Å². The Hall–Kier alpha value is -1.02. The number of aliphatic hydroxyl groups excluding tert-OH is 1. The fourth-order valence-electron chi connectivity index (χ4n) is 1.32. The standard InChI is InChI=1S/C12H18O2/c1-10(2)5-6-11(13)7-8-12-4-3-9-14-12/h3-4,9,11,13H,1,5-8H2,2H3. The van der Waals surface area contributed by atoms with Crippen LogP contribution in [0.4, 0.5) is 0 Å². The van der Waals surface area contributed by atoms with Crippen LogP contribution in [0, 0.1) is 0 Å². The second-order valence-corrected chi connectivity index (χ2v) is 3.77. The summed E-state index contributed by atoms with van der Waals surface area (Å²) in [7, 11) is 0. The molecule has 1 aromatic heterocycles. The molecule has 0 amide bonds. The number of aliphatic hydroxyl groups is 1. The smallest absolute Gasteiger partial charge is 0.103 e. The van der Waals surface area contributed by atoms with E-state index in [0.717, 1.165) is 37.0 Å². The highest BCUT2D eigenvalue weighted by Crippen LogP contribution is 2.11. The number of hydrogen-bond acceptors (Lipinski definition) is 2. The van der Waals surface area contributed by atoms with Crippen molar-refractivity contribution in [3.8, 4) is 0 Å². The molecule has 0 aromatic carbocycles. The minimum absolute atomic E-state index is 0.239. The second-order valence-electron chi connectivity index (χ2n) is 3.77. The van der Waals surface area contributed by atoms with Gasteiger partial charge in [0.1, 0.15) is 5.76 Å². The molecule has 14 heavy (non-hydrogen) atoms. The number of aryl methyl sites for hydroxylation is 1. The molecular weight excluding hydrogens is 176 g/mol. The molecule has 1 atom stereocenters. The van der Waals surface area contributed by atoms with Gasteiger partial charge in [0.2, 0.25) is 0 Å². The topological polar surface area (TPSA) is 33.4 Å². The van der Waals surface area contributed by atoms with Crippen LogP contribution in [-0.2, 0) is 6.42 Å². The molecule has 0 saturated carbocycles. The van der Waals surface area contributed by atoms with Crippen LogP contribution in [-0.4, -0.2) is 11.2 Å². The number of allylic oxidation sites excluding steroid dienone is 1. The molecule has 78 valence electrons. The summed E-state index contributed by atoms with van der Waals surface area (Å²) in [5.74, 6) is 0.944. The lowest BCUT2D eigenvalue weighted by Gasteiger charge is -2.08. The Balaban J connectivity index is 2.15. The van der Waals surface area contributed by atoms with E-state index in [0.29, 0.717) is 0 Å². The van der Waals surface area contributed by atoms with Gasteiger partial charge in [0.05, 0.1) is 12.4 Å². The average molecular weight is 194 g/mol. The zero-order chi connectivity index (χ0) is 10.4. The lowest BCUT2D eigenvalue weighted by atomic mass is 10.1. The van der Waals surface area contributed by atoms with E-state index in [-0.39, 0.29) is 6.10 Å². The fourth-order valence-corrected chi connectivity index (χ4v) is 1.32. The van der Waals surface area contributed by atoms with Gasteiger partial charge in [-0.2, -0.15) is 0 Å². The van der Waals surface area contributed by atoms with Gasteiger partial charge in [-0.3, -0.25) is 0 Å². The average Bonchev–Trinajstić information content (AvgIpc) is 2.63. The fraction of sp³-hybridized carbons (Fsp3) is 0.500. The summed E-state index contributed by atoms with van der Waals surface area (Å²) in [5.41, 5.74) is 1.13. The normalized spacial score (nSPS) is 12.7. The Morgan fingerprint density at radius 3 is 2.93 bits per heavy atom. The molecule has 1 unspecified atom stereocenters. The minimum atomic E-state index is -0.239. The van der Waals surface area contributed by atoms with Crippen molar-refractivity contribution in [2.24, 2.45) is 0 Å². The van der Waals surface area contributed by atoms with Crippen LogP contribution in [0.2, 0.25) is 0 Å². The Bertz CT molecular complexity index is 262. The molecule has 0 saturated heterocycles. The van der Waals surface area contributed by atoms with E-state index >= 15 is 0 Å². The first kappa shape index (κ1) is 11.1. The van der Waals surface area contributed by atoms with Gasteiger partial charge in [0.15, 0.2) is 0 Å². The van der Waals surface area contributed by atoms with Gasteiger partial charge in [-0.1, -0.05) is 5.57 Å². The quantitative estimate of drug-likeness (QED) is 0.706. The van der Waals surface area contributed by atoms with Crippen LogP contribution < -0.4 is 0 Å². The van der Waals surface area contributed by atoms with Gasteiger partial charge >= 0.3 is 0 Å². The first-order chi connectivity index (χ1) is 6.68. The molecule has 0 aliphatic heterocycles. The zero-order valence-corrected chi connectivity index (χ0v) is 8.70. The maximum Gasteiger partial charge on any atom is 0.103 e. The zero-order valence-electron chi connectivity index (χ0n) is 8.70. The molecule has 2 nitrogen and oxygen atoms in total. The largest absolute Gasteiger partial charge is 0.469 e. The van der Waals surface area contributed by atoms with Gasteiger partial charge < -0.3 is 9.52 Å². The van der Waals surface area contributed by atoms with E-state index in [1.807, 2.05) is 19.1 Å². The first-order valence-electron chi connectivity index (χ1n) is 5.03. The molecule has 0 spiro atoms. The third kappa shape index (κ3) is 4.28. The van der Waals surface area contributed by atoms with Gasteiger partial charge in [-0.05, 0) is 38.3 Å². The molecule has 0 aliphatic rings. The predicted molar refractivity (Wildman–Crippen MR) is 57.1 cm³/mol. The molecule has 0 bridgehead atoms. The van der Waals surface area contributed by atoms with Gasteiger partial charge in [0.25, 0.3) is 0 Å². The van der Waals surface area contributed by atoms with Crippen LogP contribution in [0.5, 0.6) is 0 Å². The van der Waals surface area contributed by atoms with Crippen molar-refractivity contribution in [1.82, 2.24) is 0 Å². The molecule has 0 radical (unpaired) electrons. The van der Waals surface area contributed by atoms with Crippen molar-refractivity contribution < 1.29 is 9.52 Å². The van der Waals surface area contributed by atoms with E-state index in [1.54, 1.807) is 6.26 Å². The van der Waals surface area contributed by atoms with Crippen LogP contribution in [0.3, 0.4) is 0 Å². The van der Waals surface area contributed by atoms with Crippen molar-refractivity contribution in [3.63, 3.8) is 0 Å². The molecule has 1 N–H and O–H groups in total. The Labute approximate surface area is 85.2 Å². The van der Waals surface area contributed by atoms with Crippen LogP contribution in [0.1, 0.15) is 31.9 Å². The van der Waals surface area contributed by atoms with Gasteiger partial charge in [-0.25, -0.2) is 0 Å². The van der Waals surface area contributed by atoms with E-state index in [2.05, 4.69) is 6.58 Å². The highest BCUT2D eigenvalue weighted by molar-refractivity contribution is 4.98. The van der Waals surface area contributed by atoms with Crippen molar-refractivity contribution in [2.75, 3.05) is 0 Å². The molecule has 2 heteroatoms. The Morgan fingerprint density at radius 1 is 1.57 bits per heavy atom. The number of hydrogen-bond donors (Lipinski definition) is 1. The van der Waals surface area contributed by atoms with Crippen molar-refractivity contribution in [1.29, 1.82) is 0 Å². The SMILES string of the molecule is C=C(C)CCC(O)CCc1ccco1. The number of rotatable bonds is 6. The van der Waals surface area contributed by atoms with Gasteiger partial charge in [-0.15, -0.1) is 6.58 Å². The summed E-state index contributed by atoms with van der Waals surface area (Å²) in [4.78, 5) is 0. The monoisotopic (exact) mass is 194 g/mol. The maximum absolute atomic E-state index is 9.61. The minimum Gasteiger partial charge on any atom is -0.469 e. The van der Waals surface area contributed by atoms with Crippen molar-refractivity contribution in [2.45, 2.75) is 38.7 Å². The lowest BCUT2D eigenvalue weighted by molar-refractivity contribution is 0.153. The summed E-state index contributed by atoms with van der Waals surface area (Å²) in [6.07, 6.45) is 4.70. The summed E-state index contributed by atoms with van der Waals surface area (Å²) < 4.78 is 5.18. The predicted octanol–water partition coefficient (Wildman–Crippen LogP) is 2.93. The van der Waals surface area contributed by atoms with Crippen LogP contribution in [0.25, 0.3) is 0 Å². The van der Waals surface area contributed by atoms with Crippen LogP contribution >= 0.6 is 0 Å². The third-order valence-electron chi connectivity index (χ3n) is 2.21. The molecule has 1 heterocycles. The first-order valence-corrected chi connectivity index (χ1v) is 5.03. The molecule has 1 rings (SSSR count). The summed E-state index contributed by atoms with van der Waals surface area (Å²) in [6, 6.07) is 3.81. The molecule has 0 fully saturated rings. The highest BCUT2D eigenvalue weighted by Gasteiger charge is 2.05. The summed E-state index contributed by atoms with van der Waals surface area (Å²) in [5, 5.41) is 9.61. The lowest BCUT2D eigenvalue weighted by Crippen LogP contribution is -2.07. The van der Waals surface area contributed by atoms with Crippen molar-refractivity contribution in [3.05, 3.63) is 36.3 Å². The Kier molecular flexibility index (Phi) is 4.47. The second kappa shape index (κ2) is 5.66. The van der Waals surface area contributed by atoms with Gasteiger partial charge in [0, 0.05) is 6.42 Å². The molecular formula is C12H18O2. The van der Waals surface area contributed by atoms with E-state index < -0.39 is 0 Å². The maximum atomic E-state index is 9.61. The van der Waals surface area contributed by atoms with Crippen LogP contribution in [0.15, 0.2) is 35.0 Å². The van der Waals surface area contributed by atoms with E-state index in [1.165, 1.54) is 0 Å². The van der Waals surface area contributed by atoms with E-state index in [4.69, 9.17) is 4.42 Å². The Morgan fingerprint density at radius 2 is 2.36 bits per heavy atom. The molecule has 0 aliphatic carbocycles. The number of furan rings is 1.